The summed E-state index contributed by atoms with van der Waals surface area (Å²) in [4.78, 5) is 15.9. The fraction of sp³-hybridized carbons (Fsp3) is 0.188. The molecular formula is C16H12F3N3O3. The summed E-state index contributed by atoms with van der Waals surface area (Å²) < 4.78 is 49.3. The summed E-state index contributed by atoms with van der Waals surface area (Å²) >= 11 is 0. The van der Waals surface area contributed by atoms with Gasteiger partial charge in [-0.3, -0.25) is 4.79 Å². The second-order valence-electron chi connectivity index (χ2n) is 5.13. The van der Waals surface area contributed by atoms with Crippen molar-refractivity contribution in [3.63, 3.8) is 0 Å². The number of hydrogen-bond acceptors (Lipinski definition) is 5. The smallest absolute Gasteiger partial charge is 0.417 e. The average Bonchev–Trinajstić information content (AvgIpc) is 3.04. The number of nitrogens with zero attached hydrogens (tertiary/aromatic N) is 3. The molecule has 0 bridgehead atoms. The third-order valence-corrected chi connectivity index (χ3v) is 3.41. The zero-order valence-electron chi connectivity index (χ0n) is 12.9. The van der Waals surface area contributed by atoms with Crippen LogP contribution >= 0.6 is 0 Å². The van der Waals surface area contributed by atoms with Crippen molar-refractivity contribution in [2.75, 3.05) is 7.11 Å². The highest BCUT2D eigenvalue weighted by atomic mass is 19.4. The number of hydrogen-bond donors (Lipinski definition) is 0. The van der Waals surface area contributed by atoms with Gasteiger partial charge in [0.1, 0.15) is 12.3 Å². The second kappa shape index (κ2) is 6.42. The van der Waals surface area contributed by atoms with Crippen molar-refractivity contribution >= 4 is 0 Å². The first-order chi connectivity index (χ1) is 11.9. The highest BCUT2D eigenvalue weighted by Gasteiger charge is 2.31. The summed E-state index contributed by atoms with van der Waals surface area (Å²) in [5.74, 6) is 0.853. The minimum Gasteiger partial charge on any atom is -0.497 e. The topological polar surface area (TPSA) is 70.2 Å². The van der Waals surface area contributed by atoms with Crippen LogP contribution in [0.1, 0.15) is 11.5 Å². The van der Waals surface area contributed by atoms with E-state index in [0.29, 0.717) is 11.3 Å². The molecule has 0 spiro atoms. The molecule has 25 heavy (non-hydrogen) atoms. The maximum absolute atomic E-state index is 12.8. The molecule has 0 fully saturated rings. The summed E-state index contributed by atoms with van der Waals surface area (Å²) in [6.45, 7) is -0.264. The van der Waals surface area contributed by atoms with Gasteiger partial charge in [0.15, 0.2) is 0 Å². The number of rotatable bonds is 4. The molecule has 130 valence electrons. The van der Waals surface area contributed by atoms with Crippen LogP contribution in [0.5, 0.6) is 5.75 Å². The lowest BCUT2D eigenvalue weighted by Crippen LogP contribution is -2.22. The molecule has 0 radical (unpaired) electrons. The van der Waals surface area contributed by atoms with E-state index in [2.05, 4.69) is 10.1 Å². The molecule has 0 saturated heterocycles. The molecule has 0 aliphatic carbocycles. The van der Waals surface area contributed by atoms with Crippen LogP contribution < -0.4 is 10.3 Å². The molecule has 0 aliphatic rings. The normalized spacial score (nSPS) is 11.5. The maximum Gasteiger partial charge on any atom is 0.417 e. The Balaban J connectivity index is 1.88. The van der Waals surface area contributed by atoms with Crippen LogP contribution in [0.25, 0.3) is 11.4 Å². The Morgan fingerprint density at radius 1 is 1.24 bits per heavy atom. The van der Waals surface area contributed by atoms with Crippen LogP contribution in [0.2, 0.25) is 0 Å². The first kappa shape index (κ1) is 16.7. The minimum absolute atomic E-state index is 0.0132. The Kier molecular flexibility index (Phi) is 4.30. The van der Waals surface area contributed by atoms with Gasteiger partial charge in [-0.1, -0.05) is 17.3 Å². The highest BCUT2D eigenvalue weighted by Crippen LogP contribution is 2.28. The van der Waals surface area contributed by atoms with Gasteiger partial charge in [0.05, 0.1) is 12.7 Å². The first-order valence-corrected chi connectivity index (χ1v) is 7.11. The Morgan fingerprint density at radius 2 is 2.04 bits per heavy atom. The van der Waals surface area contributed by atoms with E-state index < -0.39 is 17.3 Å². The van der Waals surface area contributed by atoms with Gasteiger partial charge in [-0.05, 0) is 18.2 Å². The van der Waals surface area contributed by atoms with E-state index in [1.807, 2.05) is 0 Å². The molecule has 0 N–H and O–H groups in total. The second-order valence-corrected chi connectivity index (χ2v) is 5.13. The van der Waals surface area contributed by atoms with Crippen LogP contribution in [0, 0.1) is 0 Å². The Morgan fingerprint density at radius 3 is 2.76 bits per heavy atom. The van der Waals surface area contributed by atoms with Gasteiger partial charge in [0, 0.05) is 17.8 Å². The number of pyridine rings is 1. The lowest BCUT2D eigenvalue weighted by atomic mass is 10.2. The van der Waals surface area contributed by atoms with Gasteiger partial charge in [0.25, 0.3) is 5.56 Å². The number of alkyl halides is 3. The van der Waals surface area contributed by atoms with E-state index in [-0.39, 0.29) is 18.3 Å². The Bertz CT molecular complexity index is 947. The van der Waals surface area contributed by atoms with Crippen molar-refractivity contribution in [2.24, 2.45) is 0 Å². The summed E-state index contributed by atoms with van der Waals surface area (Å²) in [7, 11) is 1.51. The molecule has 1 aromatic carbocycles. The summed E-state index contributed by atoms with van der Waals surface area (Å²) in [5, 5.41) is 3.78. The number of methoxy groups -OCH3 is 1. The number of halogens is 3. The van der Waals surface area contributed by atoms with Crippen LogP contribution in [-0.4, -0.2) is 21.8 Å². The van der Waals surface area contributed by atoms with Gasteiger partial charge >= 0.3 is 6.18 Å². The first-order valence-electron chi connectivity index (χ1n) is 7.11. The lowest BCUT2D eigenvalue weighted by Gasteiger charge is -2.08. The van der Waals surface area contributed by atoms with E-state index in [9.17, 15) is 18.0 Å². The molecule has 0 unspecified atom stereocenters. The van der Waals surface area contributed by atoms with Crippen LogP contribution in [0.15, 0.2) is 51.9 Å². The fourth-order valence-electron chi connectivity index (χ4n) is 2.17. The zero-order valence-corrected chi connectivity index (χ0v) is 12.9. The maximum atomic E-state index is 12.8. The molecule has 2 aromatic heterocycles. The van der Waals surface area contributed by atoms with Crippen molar-refractivity contribution in [3.8, 4) is 17.1 Å². The molecule has 0 saturated carbocycles. The summed E-state index contributed by atoms with van der Waals surface area (Å²) in [5.41, 5.74) is -0.917. The van der Waals surface area contributed by atoms with E-state index in [1.54, 1.807) is 24.3 Å². The van der Waals surface area contributed by atoms with Crippen LogP contribution in [-0.2, 0) is 12.7 Å². The molecule has 0 aliphatic heterocycles. The monoisotopic (exact) mass is 351 g/mol. The fourth-order valence-corrected chi connectivity index (χ4v) is 2.17. The van der Waals surface area contributed by atoms with Gasteiger partial charge in [-0.15, -0.1) is 0 Å². The lowest BCUT2D eigenvalue weighted by molar-refractivity contribution is -0.138. The average molecular weight is 351 g/mol. The van der Waals surface area contributed by atoms with Crippen molar-refractivity contribution < 1.29 is 22.4 Å². The highest BCUT2D eigenvalue weighted by molar-refractivity contribution is 5.56. The molecular weight excluding hydrogens is 339 g/mol. The van der Waals surface area contributed by atoms with Gasteiger partial charge in [0.2, 0.25) is 11.7 Å². The predicted molar refractivity (Wildman–Crippen MR) is 81.1 cm³/mol. The molecule has 9 heteroatoms. The summed E-state index contributed by atoms with van der Waals surface area (Å²) in [6.07, 6.45) is -3.83. The molecule has 0 atom stereocenters. The standard InChI is InChI=1S/C16H12F3N3O3/c1-24-12-4-2-3-10(7-12)15-20-13(25-21-15)9-22-8-11(16(17,18)19)5-6-14(22)23/h2-8H,9H2,1H3. The van der Waals surface area contributed by atoms with E-state index >= 15 is 0 Å². The third kappa shape index (κ3) is 3.70. The molecule has 2 heterocycles. The van der Waals surface area contributed by atoms with E-state index in [4.69, 9.17) is 9.26 Å². The molecule has 0 amide bonds. The number of ether oxygens (including phenoxy) is 1. The van der Waals surface area contributed by atoms with E-state index in [0.717, 1.165) is 22.9 Å². The van der Waals surface area contributed by atoms with Crippen molar-refractivity contribution in [1.82, 2.24) is 14.7 Å². The number of benzene rings is 1. The van der Waals surface area contributed by atoms with Crippen LogP contribution in [0.3, 0.4) is 0 Å². The molecule has 3 aromatic rings. The molecule has 3 rings (SSSR count). The number of aromatic nitrogens is 3. The molecule has 6 nitrogen and oxygen atoms in total. The van der Waals surface area contributed by atoms with Crippen LogP contribution in [0.4, 0.5) is 13.2 Å². The van der Waals surface area contributed by atoms with Gasteiger partial charge in [-0.2, -0.15) is 18.2 Å². The van der Waals surface area contributed by atoms with Crippen molar-refractivity contribution in [1.29, 1.82) is 0 Å². The van der Waals surface area contributed by atoms with E-state index in [1.165, 1.54) is 7.11 Å². The zero-order chi connectivity index (χ0) is 18.0. The van der Waals surface area contributed by atoms with Gasteiger partial charge < -0.3 is 13.8 Å². The SMILES string of the molecule is COc1cccc(-c2noc(Cn3cc(C(F)(F)F)ccc3=O)n2)c1. The largest absolute Gasteiger partial charge is 0.497 e. The van der Waals surface area contributed by atoms with Crippen molar-refractivity contribution in [3.05, 3.63) is 64.4 Å². The Labute approximate surface area is 139 Å². The summed E-state index contributed by atoms with van der Waals surface area (Å²) in [6, 6.07) is 8.48. The Hall–Kier alpha value is -3.10. The quantitative estimate of drug-likeness (QED) is 0.723. The minimum atomic E-state index is -4.55. The predicted octanol–water partition coefficient (Wildman–Crippen LogP) is 2.97. The van der Waals surface area contributed by atoms with Crippen molar-refractivity contribution in [2.45, 2.75) is 12.7 Å². The van der Waals surface area contributed by atoms with Gasteiger partial charge in [-0.25, -0.2) is 0 Å². The third-order valence-electron chi connectivity index (χ3n) is 3.41.